The fraction of sp³-hybridized carbons (Fsp3) is 0.882. The summed E-state index contributed by atoms with van der Waals surface area (Å²) in [4.78, 5) is 23.6. The molecule has 0 aromatic heterocycles. The average molecular weight is 318 g/mol. The van der Waals surface area contributed by atoms with E-state index in [9.17, 15) is 18.4 Å². The maximum Gasteiger partial charge on any atom is 0.305 e. The normalized spacial score (nSPS) is 22.3. The number of carbonyl (C=O) groups excluding carboxylic acids is 2. The van der Waals surface area contributed by atoms with Gasteiger partial charge in [0.15, 0.2) is 0 Å². The molecular weight excluding hydrogens is 290 g/mol. The average Bonchev–Trinajstić information content (AvgIpc) is 2.83. The van der Waals surface area contributed by atoms with Gasteiger partial charge < -0.3 is 5.11 Å². The zero-order valence-corrected chi connectivity index (χ0v) is 13.5. The molecule has 3 nitrogen and oxygen atoms in total. The van der Waals surface area contributed by atoms with Gasteiger partial charge in [0.2, 0.25) is 5.78 Å². The summed E-state index contributed by atoms with van der Waals surface area (Å²) in [6.45, 7) is 1.93. The van der Waals surface area contributed by atoms with E-state index in [-0.39, 0.29) is 37.1 Å². The van der Waals surface area contributed by atoms with Crippen molar-refractivity contribution in [3.05, 3.63) is 0 Å². The number of aliphatic hydroxyl groups excluding tert-OH is 1. The molecule has 1 N–H and O–H groups in total. The first-order valence-corrected chi connectivity index (χ1v) is 8.47. The van der Waals surface area contributed by atoms with Gasteiger partial charge in [-0.2, -0.15) is 8.78 Å². The highest BCUT2D eigenvalue weighted by Crippen LogP contribution is 2.36. The van der Waals surface area contributed by atoms with Crippen molar-refractivity contribution >= 4 is 11.6 Å². The topological polar surface area (TPSA) is 54.4 Å². The van der Waals surface area contributed by atoms with Crippen LogP contribution in [0.4, 0.5) is 8.78 Å². The maximum atomic E-state index is 13.7. The summed E-state index contributed by atoms with van der Waals surface area (Å²) < 4.78 is 27.3. The van der Waals surface area contributed by atoms with Gasteiger partial charge in [-0.05, 0) is 38.0 Å². The number of hydrogen-bond donors (Lipinski definition) is 1. The molecule has 0 saturated heterocycles. The third kappa shape index (κ3) is 5.75. The molecule has 0 aliphatic heterocycles. The first-order valence-electron chi connectivity index (χ1n) is 8.47. The Morgan fingerprint density at radius 2 is 2.00 bits per heavy atom. The second-order valence-corrected chi connectivity index (χ2v) is 6.36. The third-order valence-electron chi connectivity index (χ3n) is 4.66. The lowest BCUT2D eigenvalue weighted by Crippen LogP contribution is -2.29. The second-order valence-electron chi connectivity index (χ2n) is 6.36. The van der Waals surface area contributed by atoms with Gasteiger partial charge in [-0.1, -0.05) is 19.8 Å². The van der Waals surface area contributed by atoms with Crippen molar-refractivity contribution in [3.8, 4) is 0 Å². The van der Waals surface area contributed by atoms with Crippen LogP contribution in [-0.2, 0) is 9.59 Å². The molecule has 0 aromatic rings. The molecule has 0 radical (unpaired) electrons. The van der Waals surface area contributed by atoms with Crippen LogP contribution in [0.5, 0.6) is 0 Å². The number of rotatable bonds is 11. The number of ketones is 2. The molecule has 5 heteroatoms. The molecule has 1 rings (SSSR count). The van der Waals surface area contributed by atoms with Crippen LogP contribution in [0.3, 0.4) is 0 Å². The summed E-state index contributed by atoms with van der Waals surface area (Å²) in [7, 11) is 0. The predicted octanol–water partition coefficient (Wildman–Crippen LogP) is 3.92. The van der Waals surface area contributed by atoms with Crippen LogP contribution in [0.25, 0.3) is 0 Å². The Bertz CT molecular complexity index is 369. The zero-order chi connectivity index (χ0) is 16.6. The van der Waals surface area contributed by atoms with Crippen molar-refractivity contribution in [1.82, 2.24) is 0 Å². The van der Waals surface area contributed by atoms with Crippen molar-refractivity contribution in [1.29, 1.82) is 0 Å². The van der Waals surface area contributed by atoms with Gasteiger partial charge in [0.1, 0.15) is 5.78 Å². The Balaban J connectivity index is 2.44. The smallest absolute Gasteiger partial charge is 0.305 e. The van der Waals surface area contributed by atoms with Crippen LogP contribution in [0, 0.1) is 11.8 Å². The second kappa shape index (κ2) is 9.33. The molecule has 1 saturated carbocycles. The van der Waals surface area contributed by atoms with Crippen LogP contribution >= 0.6 is 0 Å². The summed E-state index contributed by atoms with van der Waals surface area (Å²) in [5, 5.41) is 8.80. The maximum absolute atomic E-state index is 13.7. The van der Waals surface area contributed by atoms with E-state index < -0.39 is 11.7 Å². The number of alkyl halides is 2. The summed E-state index contributed by atoms with van der Waals surface area (Å²) in [6.07, 6.45) is 4.20. The van der Waals surface area contributed by atoms with Crippen molar-refractivity contribution in [2.24, 2.45) is 11.8 Å². The Hall–Kier alpha value is -0.840. The number of hydrogen-bond acceptors (Lipinski definition) is 3. The van der Waals surface area contributed by atoms with Crippen LogP contribution in [0.2, 0.25) is 0 Å². The van der Waals surface area contributed by atoms with E-state index in [4.69, 9.17) is 5.11 Å². The van der Waals surface area contributed by atoms with Crippen LogP contribution < -0.4 is 0 Å². The number of halogens is 2. The minimum Gasteiger partial charge on any atom is -0.396 e. The molecule has 0 amide bonds. The number of carbonyl (C=O) groups is 2. The van der Waals surface area contributed by atoms with Gasteiger partial charge >= 0.3 is 5.92 Å². The highest BCUT2D eigenvalue weighted by Gasteiger charge is 2.39. The van der Waals surface area contributed by atoms with Gasteiger partial charge in [-0.3, -0.25) is 9.59 Å². The summed E-state index contributed by atoms with van der Waals surface area (Å²) in [5.41, 5.74) is 0. The minimum atomic E-state index is -3.22. The van der Waals surface area contributed by atoms with Gasteiger partial charge in [-0.25, -0.2) is 0 Å². The van der Waals surface area contributed by atoms with E-state index in [0.29, 0.717) is 44.9 Å². The van der Waals surface area contributed by atoms with Gasteiger partial charge in [0, 0.05) is 31.8 Å². The molecular formula is C17H28F2O3. The Labute approximate surface area is 131 Å². The van der Waals surface area contributed by atoms with Crippen LogP contribution in [0.1, 0.15) is 71.1 Å². The lowest BCUT2D eigenvalue weighted by Gasteiger charge is -2.20. The summed E-state index contributed by atoms with van der Waals surface area (Å²) in [5.74, 6) is -4.06. The van der Waals surface area contributed by atoms with Gasteiger partial charge in [-0.15, -0.1) is 0 Å². The van der Waals surface area contributed by atoms with E-state index in [2.05, 4.69) is 0 Å². The number of unbranched alkanes of at least 4 members (excludes halogenated alkanes) is 2. The molecule has 22 heavy (non-hydrogen) atoms. The lowest BCUT2D eigenvalue weighted by atomic mass is 9.86. The highest BCUT2D eigenvalue weighted by molar-refractivity contribution is 5.86. The highest BCUT2D eigenvalue weighted by atomic mass is 19.3. The molecule has 0 heterocycles. The third-order valence-corrected chi connectivity index (χ3v) is 4.66. The van der Waals surface area contributed by atoms with E-state index in [0.717, 1.165) is 6.42 Å². The zero-order valence-electron chi connectivity index (χ0n) is 13.5. The van der Waals surface area contributed by atoms with Crippen LogP contribution in [0.15, 0.2) is 0 Å². The summed E-state index contributed by atoms with van der Waals surface area (Å²) in [6, 6.07) is 0. The lowest BCUT2D eigenvalue weighted by molar-refractivity contribution is -0.144. The van der Waals surface area contributed by atoms with Crippen molar-refractivity contribution in [2.75, 3.05) is 6.61 Å². The van der Waals surface area contributed by atoms with E-state index in [1.165, 1.54) is 0 Å². The van der Waals surface area contributed by atoms with Gasteiger partial charge in [0.25, 0.3) is 0 Å². The molecule has 0 spiro atoms. The molecule has 0 aromatic carbocycles. The number of Topliss-reactive ketones (excluding diaryl/α,β-unsaturated/α-hetero) is 2. The van der Waals surface area contributed by atoms with E-state index in [1.807, 2.05) is 6.92 Å². The van der Waals surface area contributed by atoms with E-state index >= 15 is 0 Å². The predicted molar refractivity (Wildman–Crippen MR) is 80.9 cm³/mol. The van der Waals surface area contributed by atoms with Crippen molar-refractivity contribution < 1.29 is 23.5 Å². The quantitative estimate of drug-likeness (QED) is 0.587. The molecule has 128 valence electrons. The monoisotopic (exact) mass is 318 g/mol. The first kappa shape index (κ1) is 19.2. The molecule has 1 aliphatic rings. The Morgan fingerprint density at radius 1 is 1.27 bits per heavy atom. The van der Waals surface area contributed by atoms with Gasteiger partial charge in [0.05, 0.1) is 0 Å². The summed E-state index contributed by atoms with van der Waals surface area (Å²) >= 11 is 0. The standard InChI is InChI=1S/C17H28F2O3/c1-2-3-11-17(18,19)16(22)10-8-13-7-9-15(21)14(13)6-4-5-12-20/h13-14,20H,2-12H2,1H3/t13-,14-/m1/s1. The first-order chi connectivity index (χ1) is 10.4. The SMILES string of the molecule is CCCCC(F)(F)C(=O)CC[C@H]1CCC(=O)[C@@H]1CCCCO. The largest absolute Gasteiger partial charge is 0.396 e. The molecule has 1 aliphatic carbocycles. The van der Waals surface area contributed by atoms with Crippen LogP contribution in [-0.4, -0.2) is 29.2 Å². The fourth-order valence-electron chi connectivity index (χ4n) is 3.23. The Morgan fingerprint density at radius 3 is 2.64 bits per heavy atom. The molecule has 0 unspecified atom stereocenters. The van der Waals surface area contributed by atoms with Crippen molar-refractivity contribution in [2.45, 2.75) is 77.1 Å². The van der Waals surface area contributed by atoms with Crippen molar-refractivity contribution in [3.63, 3.8) is 0 Å². The molecule has 1 fully saturated rings. The minimum absolute atomic E-state index is 0.0529. The fourth-order valence-corrected chi connectivity index (χ4v) is 3.23. The molecule has 0 bridgehead atoms. The van der Waals surface area contributed by atoms with E-state index in [1.54, 1.807) is 0 Å². The molecule has 2 atom stereocenters. The number of aliphatic hydroxyl groups is 1. The Kier molecular flexibility index (Phi) is 8.15.